The van der Waals surface area contributed by atoms with Crippen LogP contribution in [0.2, 0.25) is 0 Å². The number of aliphatic hydroxyl groups excluding tert-OH is 1. The highest BCUT2D eigenvalue weighted by Gasteiger charge is 2.18. The molecule has 2 heterocycles. The number of pyridine rings is 1. The molecule has 0 aliphatic carbocycles. The molecule has 2 aromatic heterocycles. The predicted molar refractivity (Wildman–Crippen MR) is 70.0 cm³/mol. The summed E-state index contributed by atoms with van der Waals surface area (Å²) < 4.78 is 1.59. The standard InChI is InChI=1S/C13H16N4O2/c1-10(9-18)16(2)13(19)11-5-3-6-12(15-11)17-8-4-7-14-17/h3-8,10,18H,9H2,1-2H3. The second-order valence-corrected chi connectivity index (χ2v) is 4.28. The highest BCUT2D eigenvalue weighted by molar-refractivity contribution is 5.92. The molecule has 0 aliphatic heterocycles. The Labute approximate surface area is 111 Å². The molecule has 1 atom stereocenters. The average Bonchev–Trinajstić information content (AvgIpc) is 2.99. The molecule has 0 saturated carbocycles. The van der Waals surface area contributed by atoms with Gasteiger partial charge in [0.15, 0.2) is 5.82 Å². The van der Waals surface area contributed by atoms with Gasteiger partial charge in [-0.05, 0) is 25.1 Å². The van der Waals surface area contributed by atoms with Crippen molar-refractivity contribution >= 4 is 5.91 Å². The van der Waals surface area contributed by atoms with Gasteiger partial charge >= 0.3 is 0 Å². The fourth-order valence-electron chi connectivity index (χ4n) is 1.58. The van der Waals surface area contributed by atoms with Crippen LogP contribution < -0.4 is 0 Å². The van der Waals surface area contributed by atoms with Crippen molar-refractivity contribution in [2.75, 3.05) is 13.7 Å². The molecule has 100 valence electrons. The molecule has 0 aliphatic rings. The van der Waals surface area contributed by atoms with Crippen molar-refractivity contribution in [3.05, 3.63) is 42.4 Å². The minimum Gasteiger partial charge on any atom is -0.394 e. The lowest BCUT2D eigenvalue weighted by atomic mass is 10.2. The van der Waals surface area contributed by atoms with Gasteiger partial charge in [0.25, 0.3) is 5.91 Å². The molecule has 0 spiro atoms. The van der Waals surface area contributed by atoms with Crippen molar-refractivity contribution < 1.29 is 9.90 Å². The Morgan fingerprint density at radius 1 is 1.47 bits per heavy atom. The molecule has 0 saturated heterocycles. The first-order chi connectivity index (χ1) is 9.13. The molecule has 1 unspecified atom stereocenters. The van der Waals surface area contributed by atoms with Crippen LogP contribution in [0.4, 0.5) is 0 Å². The quantitative estimate of drug-likeness (QED) is 0.879. The van der Waals surface area contributed by atoms with E-state index in [-0.39, 0.29) is 18.6 Å². The molecule has 6 heteroatoms. The van der Waals surface area contributed by atoms with Gasteiger partial charge in [-0.2, -0.15) is 5.10 Å². The number of hydrogen-bond donors (Lipinski definition) is 1. The van der Waals surface area contributed by atoms with Crippen LogP contribution >= 0.6 is 0 Å². The van der Waals surface area contributed by atoms with E-state index in [9.17, 15) is 4.79 Å². The van der Waals surface area contributed by atoms with Gasteiger partial charge in [0.05, 0.1) is 12.6 Å². The maximum atomic E-state index is 12.2. The normalized spacial score (nSPS) is 12.2. The lowest BCUT2D eigenvalue weighted by Crippen LogP contribution is -2.37. The lowest BCUT2D eigenvalue weighted by molar-refractivity contribution is 0.0676. The summed E-state index contributed by atoms with van der Waals surface area (Å²) in [4.78, 5) is 17.9. The van der Waals surface area contributed by atoms with Crippen molar-refractivity contribution in [3.8, 4) is 5.82 Å². The van der Waals surface area contributed by atoms with Crippen LogP contribution in [-0.2, 0) is 0 Å². The Hall–Kier alpha value is -2.21. The second kappa shape index (κ2) is 5.62. The van der Waals surface area contributed by atoms with Crippen LogP contribution in [-0.4, -0.2) is 50.4 Å². The first-order valence-electron chi connectivity index (χ1n) is 5.98. The van der Waals surface area contributed by atoms with Gasteiger partial charge in [0.1, 0.15) is 5.69 Å². The van der Waals surface area contributed by atoms with Crippen molar-refractivity contribution in [3.63, 3.8) is 0 Å². The monoisotopic (exact) mass is 260 g/mol. The largest absolute Gasteiger partial charge is 0.394 e. The number of likely N-dealkylation sites (N-methyl/N-ethyl adjacent to an activating group) is 1. The predicted octanol–water partition coefficient (Wildman–Crippen LogP) is 0.720. The van der Waals surface area contributed by atoms with E-state index in [1.165, 1.54) is 4.90 Å². The minimum atomic E-state index is -0.248. The molecule has 0 fully saturated rings. The number of amides is 1. The molecule has 0 bridgehead atoms. The first kappa shape index (κ1) is 13.2. The molecule has 0 radical (unpaired) electrons. The Morgan fingerprint density at radius 2 is 2.26 bits per heavy atom. The van der Waals surface area contributed by atoms with E-state index in [0.717, 1.165) is 0 Å². The Balaban J connectivity index is 2.26. The van der Waals surface area contributed by atoms with E-state index < -0.39 is 0 Å². The molecule has 6 nitrogen and oxygen atoms in total. The summed E-state index contributed by atoms with van der Waals surface area (Å²) in [5.41, 5.74) is 0.329. The van der Waals surface area contributed by atoms with Gasteiger partial charge in [-0.3, -0.25) is 4.79 Å². The number of carbonyl (C=O) groups is 1. The zero-order chi connectivity index (χ0) is 13.8. The van der Waals surface area contributed by atoms with Gasteiger partial charge in [-0.1, -0.05) is 6.07 Å². The fourth-order valence-corrected chi connectivity index (χ4v) is 1.58. The Kier molecular flexibility index (Phi) is 3.91. The maximum Gasteiger partial charge on any atom is 0.272 e. The summed E-state index contributed by atoms with van der Waals surface area (Å²) in [6, 6.07) is 6.72. The van der Waals surface area contributed by atoms with Gasteiger partial charge < -0.3 is 10.0 Å². The Morgan fingerprint density at radius 3 is 2.89 bits per heavy atom. The van der Waals surface area contributed by atoms with Crippen molar-refractivity contribution in [2.24, 2.45) is 0 Å². The number of carbonyl (C=O) groups excluding carboxylic acids is 1. The summed E-state index contributed by atoms with van der Waals surface area (Å²) in [6.45, 7) is 1.69. The van der Waals surface area contributed by atoms with E-state index in [4.69, 9.17) is 5.11 Å². The van der Waals surface area contributed by atoms with Gasteiger partial charge in [0, 0.05) is 19.4 Å². The van der Waals surface area contributed by atoms with E-state index >= 15 is 0 Å². The summed E-state index contributed by atoms with van der Waals surface area (Å²) in [5, 5.41) is 13.1. The van der Waals surface area contributed by atoms with Crippen LogP contribution in [0.25, 0.3) is 5.82 Å². The maximum absolute atomic E-state index is 12.2. The molecule has 2 rings (SSSR count). The summed E-state index contributed by atoms with van der Waals surface area (Å²) >= 11 is 0. The SMILES string of the molecule is CC(CO)N(C)C(=O)c1cccc(-n2cccn2)n1. The first-order valence-corrected chi connectivity index (χ1v) is 5.98. The van der Waals surface area contributed by atoms with Gasteiger partial charge in [-0.15, -0.1) is 0 Å². The van der Waals surface area contributed by atoms with E-state index in [0.29, 0.717) is 11.5 Å². The lowest BCUT2D eigenvalue weighted by Gasteiger charge is -2.22. The molecular formula is C13H16N4O2. The Bertz CT molecular complexity index is 554. The summed E-state index contributed by atoms with van der Waals surface area (Å²) in [5.74, 6) is 0.358. The van der Waals surface area contributed by atoms with E-state index in [1.54, 1.807) is 55.3 Å². The van der Waals surface area contributed by atoms with Crippen LogP contribution in [0.5, 0.6) is 0 Å². The second-order valence-electron chi connectivity index (χ2n) is 4.28. The number of rotatable bonds is 4. The van der Waals surface area contributed by atoms with Gasteiger partial charge in [-0.25, -0.2) is 9.67 Å². The number of aliphatic hydroxyl groups is 1. The van der Waals surface area contributed by atoms with Crippen LogP contribution in [0.3, 0.4) is 0 Å². The zero-order valence-electron chi connectivity index (χ0n) is 10.9. The smallest absolute Gasteiger partial charge is 0.272 e. The van der Waals surface area contributed by atoms with E-state index in [2.05, 4.69) is 10.1 Å². The van der Waals surface area contributed by atoms with Crippen LogP contribution in [0.1, 0.15) is 17.4 Å². The summed E-state index contributed by atoms with van der Waals surface area (Å²) in [6.07, 6.45) is 3.41. The third-order valence-electron chi connectivity index (χ3n) is 2.94. The van der Waals surface area contributed by atoms with Crippen molar-refractivity contribution in [2.45, 2.75) is 13.0 Å². The third-order valence-corrected chi connectivity index (χ3v) is 2.94. The fraction of sp³-hybridized carbons (Fsp3) is 0.308. The molecule has 0 aromatic carbocycles. The molecule has 1 amide bonds. The molecule has 19 heavy (non-hydrogen) atoms. The van der Waals surface area contributed by atoms with Crippen molar-refractivity contribution in [1.29, 1.82) is 0 Å². The number of nitrogens with zero attached hydrogens (tertiary/aromatic N) is 4. The average molecular weight is 260 g/mol. The van der Waals surface area contributed by atoms with Crippen LogP contribution in [0.15, 0.2) is 36.7 Å². The van der Waals surface area contributed by atoms with Gasteiger partial charge in [0.2, 0.25) is 0 Å². The zero-order valence-corrected chi connectivity index (χ0v) is 10.9. The molecular weight excluding hydrogens is 244 g/mol. The van der Waals surface area contributed by atoms with Crippen LogP contribution in [0, 0.1) is 0 Å². The van der Waals surface area contributed by atoms with E-state index in [1.807, 2.05) is 0 Å². The van der Waals surface area contributed by atoms with Crippen molar-refractivity contribution in [1.82, 2.24) is 19.7 Å². The molecule has 1 N–H and O–H groups in total. The highest BCUT2D eigenvalue weighted by Crippen LogP contribution is 2.08. The number of hydrogen-bond acceptors (Lipinski definition) is 4. The number of aromatic nitrogens is 3. The topological polar surface area (TPSA) is 71.2 Å². The highest BCUT2D eigenvalue weighted by atomic mass is 16.3. The third kappa shape index (κ3) is 2.79. The summed E-state index contributed by atoms with van der Waals surface area (Å²) in [7, 11) is 1.64. The molecule has 2 aromatic rings. The minimum absolute atomic E-state index is 0.0823.